The lowest BCUT2D eigenvalue weighted by Crippen LogP contribution is -2.45. The van der Waals surface area contributed by atoms with Crippen molar-refractivity contribution in [1.82, 2.24) is 25.5 Å². The standard InChI is InChI=1S/C25H23BrClF2N5O2/c1-13(10-31-24(35)21-5-3-15-7-16(28)4-6-20(15)33-21)34-12-17(29)8-22(34)25(36)32-14(2)18-9-23(27)30-11-19(18)26/h3-7,9,11,14,17,22H,1,8,10,12H2,2H3,(H,31,35)(H,32,36)/t14?,17-,22?/m1/s1. The van der Waals surface area contributed by atoms with Crippen LogP contribution in [0.3, 0.4) is 0 Å². The van der Waals surface area contributed by atoms with E-state index in [9.17, 15) is 18.4 Å². The normalized spacial score (nSPS) is 18.2. The summed E-state index contributed by atoms with van der Waals surface area (Å²) in [5.41, 5.74) is 1.76. The third kappa shape index (κ3) is 5.82. The van der Waals surface area contributed by atoms with Crippen molar-refractivity contribution in [3.8, 4) is 0 Å². The molecular weight excluding hydrogens is 556 g/mol. The largest absolute Gasteiger partial charge is 0.359 e. The topological polar surface area (TPSA) is 87.2 Å². The molecule has 188 valence electrons. The fourth-order valence-electron chi connectivity index (χ4n) is 4.13. The lowest BCUT2D eigenvalue weighted by Gasteiger charge is -2.29. The van der Waals surface area contributed by atoms with Crippen molar-refractivity contribution in [2.75, 3.05) is 13.1 Å². The predicted octanol–water partition coefficient (Wildman–Crippen LogP) is 4.72. The number of halogens is 4. The molecule has 0 aliphatic carbocycles. The molecule has 11 heteroatoms. The Morgan fingerprint density at radius 3 is 2.86 bits per heavy atom. The summed E-state index contributed by atoms with van der Waals surface area (Å²) in [6.45, 7) is 5.74. The lowest BCUT2D eigenvalue weighted by molar-refractivity contribution is -0.125. The van der Waals surface area contributed by atoms with Gasteiger partial charge in [0.2, 0.25) is 5.91 Å². The molecule has 7 nitrogen and oxygen atoms in total. The minimum absolute atomic E-state index is 0.000464. The van der Waals surface area contributed by atoms with Gasteiger partial charge in [0.25, 0.3) is 5.91 Å². The summed E-state index contributed by atoms with van der Waals surface area (Å²) >= 11 is 9.38. The Labute approximate surface area is 220 Å². The number of nitrogens with zero attached hydrogens (tertiary/aromatic N) is 3. The van der Waals surface area contributed by atoms with Gasteiger partial charge in [0.05, 0.1) is 18.1 Å². The molecule has 3 atom stereocenters. The van der Waals surface area contributed by atoms with Crippen LogP contribution in [0.2, 0.25) is 5.15 Å². The summed E-state index contributed by atoms with van der Waals surface area (Å²) in [6, 6.07) is 7.66. The van der Waals surface area contributed by atoms with Crippen LogP contribution in [0, 0.1) is 5.82 Å². The molecule has 2 N–H and O–H groups in total. The van der Waals surface area contributed by atoms with Crippen molar-refractivity contribution in [3.63, 3.8) is 0 Å². The average molecular weight is 579 g/mol. The van der Waals surface area contributed by atoms with Crippen LogP contribution >= 0.6 is 27.5 Å². The number of hydrogen-bond acceptors (Lipinski definition) is 5. The van der Waals surface area contributed by atoms with Gasteiger partial charge in [-0.25, -0.2) is 18.7 Å². The molecular formula is C25H23BrClF2N5O2. The Morgan fingerprint density at radius 2 is 2.08 bits per heavy atom. The first-order chi connectivity index (χ1) is 17.1. The van der Waals surface area contributed by atoms with E-state index < -0.39 is 24.2 Å². The summed E-state index contributed by atoms with van der Waals surface area (Å²) < 4.78 is 28.4. The molecule has 0 bridgehead atoms. The van der Waals surface area contributed by atoms with Gasteiger partial charge in [-0.2, -0.15) is 0 Å². The van der Waals surface area contributed by atoms with Crippen molar-refractivity contribution in [3.05, 3.63) is 81.6 Å². The number of alkyl halides is 1. The fourth-order valence-corrected chi connectivity index (χ4v) is 4.85. The predicted molar refractivity (Wildman–Crippen MR) is 137 cm³/mol. The van der Waals surface area contributed by atoms with Gasteiger partial charge in [-0.1, -0.05) is 24.2 Å². The number of rotatable bonds is 7. The maximum Gasteiger partial charge on any atom is 0.270 e. The van der Waals surface area contributed by atoms with Gasteiger partial charge in [0.1, 0.15) is 28.9 Å². The van der Waals surface area contributed by atoms with E-state index >= 15 is 0 Å². The smallest absolute Gasteiger partial charge is 0.270 e. The Hall–Kier alpha value is -3.11. The van der Waals surface area contributed by atoms with Crippen molar-refractivity contribution in [2.45, 2.75) is 31.6 Å². The number of likely N-dealkylation sites (tertiary alicyclic amines) is 1. The van der Waals surface area contributed by atoms with Crippen LogP contribution < -0.4 is 10.6 Å². The second kappa shape index (κ2) is 10.9. The maximum atomic E-state index is 14.3. The Kier molecular flexibility index (Phi) is 7.85. The molecule has 0 radical (unpaired) electrons. The quantitative estimate of drug-likeness (QED) is 0.397. The summed E-state index contributed by atoms with van der Waals surface area (Å²) in [4.78, 5) is 35.5. The molecule has 1 fully saturated rings. The summed E-state index contributed by atoms with van der Waals surface area (Å²) in [5.74, 6) is -1.22. The Balaban J connectivity index is 1.39. The highest BCUT2D eigenvalue weighted by Gasteiger charge is 2.38. The van der Waals surface area contributed by atoms with Crippen molar-refractivity contribution >= 4 is 50.2 Å². The first kappa shape index (κ1) is 26.0. The lowest BCUT2D eigenvalue weighted by atomic mass is 10.1. The number of pyridine rings is 2. The van der Waals surface area contributed by atoms with Crippen LogP contribution in [0.4, 0.5) is 8.78 Å². The molecule has 3 aromatic rings. The SMILES string of the molecule is C=C(CNC(=O)c1ccc2cc(F)ccc2n1)N1C[C@H](F)CC1C(=O)NC(C)c1cc(Cl)ncc1Br. The third-order valence-corrected chi connectivity index (χ3v) is 6.84. The zero-order valence-electron chi connectivity index (χ0n) is 19.3. The summed E-state index contributed by atoms with van der Waals surface area (Å²) in [6.07, 6.45) is 0.340. The van der Waals surface area contributed by atoms with Crippen LogP contribution in [0.5, 0.6) is 0 Å². The number of hydrogen-bond donors (Lipinski definition) is 2. The fraction of sp³-hybridized carbons (Fsp3) is 0.280. The van der Waals surface area contributed by atoms with Gasteiger partial charge in [0, 0.05) is 34.7 Å². The molecule has 1 aliphatic heterocycles. The van der Waals surface area contributed by atoms with E-state index in [1.165, 1.54) is 24.3 Å². The van der Waals surface area contributed by atoms with E-state index in [2.05, 4.69) is 43.1 Å². The molecule has 3 heterocycles. The second-order valence-corrected chi connectivity index (χ2v) is 9.78. The molecule has 1 aromatic carbocycles. The van der Waals surface area contributed by atoms with Crippen LogP contribution in [0.25, 0.3) is 10.9 Å². The molecule has 0 saturated carbocycles. The number of nitrogens with one attached hydrogen (secondary N) is 2. The van der Waals surface area contributed by atoms with E-state index in [-0.39, 0.29) is 42.1 Å². The molecule has 1 aliphatic rings. The molecule has 2 amide bonds. The van der Waals surface area contributed by atoms with E-state index in [0.717, 1.165) is 5.56 Å². The van der Waals surface area contributed by atoms with E-state index in [1.807, 2.05) is 0 Å². The Morgan fingerprint density at radius 1 is 1.31 bits per heavy atom. The van der Waals surface area contributed by atoms with E-state index in [0.29, 0.717) is 21.1 Å². The minimum atomic E-state index is -1.21. The van der Waals surface area contributed by atoms with Crippen LogP contribution in [-0.4, -0.2) is 52.0 Å². The number of benzene rings is 1. The first-order valence-electron chi connectivity index (χ1n) is 11.2. The number of fused-ring (bicyclic) bond motifs is 1. The summed E-state index contributed by atoms with van der Waals surface area (Å²) in [5, 5.41) is 6.47. The van der Waals surface area contributed by atoms with Gasteiger partial charge >= 0.3 is 0 Å². The van der Waals surface area contributed by atoms with Gasteiger partial charge in [0.15, 0.2) is 0 Å². The van der Waals surface area contributed by atoms with Crippen LogP contribution in [0.1, 0.15) is 35.4 Å². The highest BCUT2D eigenvalue weighted by Crippen LogP contribution is 2.28. The zero-order valence-corrected chi connectivity index (χ0v) is 21.6. The molecule has 1 saturated heterocycles. The molecule has 2 aromatic heterocycles. The monoisotopic (exact) mass is 577 g/mol. The highest BCUT2D eigenvalue weighted by atomic mass is 79.9. The third-order valence-electron chi connectivity index (χ3n) is 5.97. The second-order valence-electron chi connectivity index (χ2n) is 8.54. The van der Waals surface area contributed by atoms with E-state index in [4.69, 9.17) is 11.6 Å². The van der Waals surface area contributed by atoms with Gasteiger partial charge < -0.3 is 15.5 Å². The first-order valence-corrected chi connectivity index (χ1v) is 12.3. The highest BCUT2D eigenvalue weighted by molar-refractivity contribution is 9.10. The van der Waals surface area contributed by atoms with Crippen LogP contribution in [-0.2, 0) is 4.79 Å². The van der Waals surface area contributed by atoms with E-state index in [1.54, 1.807) is 30.2 Å². The summed E-state index contributed by atoms with van der Waals surface area (Å²) in [7, 11) is 0. The minimum Gasteiger partial charge on any atom is -0.359 e. The molecule has 36 heavy (non-hydrogen) atoms. The number of aromatic nitrogens is 2. The van der Waals surface area contributed by atoms with Gasteiger partial charge in [-0.05, 0) is 58.7 Å². The van der Waals surface area contributed by atoms with Gasteiger partial charge in [-0.3, -0.25) is 9.59 Å². The maximum absolute atomic E-state index is 14.3. The number of carbonyl (C=O) groups excluding carboxylic acids is 2. The van der Waals surface area contributed by atoms with Crippen molar-refractivity contribution in [1.29, 1.82) is 0 Å². The number of amides is 2. The van der Waals surface area contributed by atoms with Gasteiger partial charge in [-0.15, -0.1) is 0 Å². The zero-order chi connectivity index (χ0) is 26.0. The van der Waals surface area contributed by atoms with Crippen molar-refractivity contribution in [2.24, 2.45) is 0 Å². The Bertz CT molecular complexity index is 1340. The van der Waals surface area contributed by atoms with Crippen LogP contribution in [0.15, 0.2) is 59.3 Å². The average Bonchev–Trinajstić information content (AvgIpc) is 3.25. The molecule has 4 rings (SSSR count). The van der Waals surface area contributed by atoms with Crippen molar-refractivity contribution < 1.29 is 18.4 Å². The number of carbonyl (C=O) groups is 2. The molecule has 0 spiro atoms. The molecule has 2 unspecified atom stereocenters.